The molecule has 0 radical (unpaired) electrons. The zero-order chi connectivity index (χ0) is 17.5. The van der Waals surface area contributed by atoms with Crippen LogP contribution in [0.15, 0.2) is 23.3 Å². The van der Waals surface area contributed by atoms with Crippen LogP contribution in [-0.4, -0.2) is 37.3 Å². The summed E-state index contributed by atoms with van der Waals surface area (Å²) in [5, 5.41) is 6.80. The second-order valence-corrected chi connectivity index (χ2v) is 6.28. The molecule has 0 unspecified atom stereocenters. The Morgan fingerprint density at radius 3 is 2.64 bits per heavy atom. The van der Waals surface area contributed by atoms with Gasteiger partial charge >= 0.3 is 0 Å². The second kappa shape index (κ2) is 8.50. The Hall–Kier alpha value is -2.57. The van der Waals surface area contributed by atoms with Crippen molar-refractivity contribution in [2.45, 2.75) is 44.6 Å². The predicted molar refractivity (Wildman–Crippen MR) is 92.8 cm³/mol. The summed E-state index contributed by atoms with van der Waals surface area (Å²) >= 11 is 0. The summed E-state index contributed by atoms with van der Waals surface area (Å²) < 4.78 is 10.9. The molecule has 0 atom stereocenters. The van der Waals surface area contributed by atoms with E-state index in [1.54, 1.807) is 12.1 Å². The average molecular weight is 345 g/mol. The molecule has 2 N–H and O–H groups in total. The van der Waals surface area contributed by atoms with Gasteiger partial charge in [0, 0.05) is 6.04 Å². The molecule has 1 aromatic rings. The third kappa shape index (κ3) is 5.20. The van der Waals surface area contributed by atoms with Crippen LogP contribution in [-0.2, 0) is 9.59 Å². The van der Waals surface area contributed by atoms with E-state index in [1.165, 1.54) is 12.6 Å². The highest BCUT2D eigenvalue weighted by Crippen LogP contribution is 2.30. The van der Waals surface area contributed by atoms with Crippen molar-refractivity contribution in [1.29, 1.82) is 0 Å². The van der Waals surface area contributed by atoms with Crippen molar-refractivity contribution in [3.63, 3.8) is 0 Å². The Morgan fingerprint density at radius 1 is 1.08 bits per heavy atom. The van der Waals surface area contributed by atoms with Gasteiger partial charge in [-0.25, -0.2) is 5.43 Å². The number of nitrogens with one attached hydrogen (secondary N) is 2. The molecule has 134 valence electrons. The number of amides is 2. The van der Waals surface area contributed by atoms with E-state index in [0.717, 1.165) is 31.2 Å². The molecule has 0 bridgehead atoms. The fourth-order valence-electron chi connectivity index (χ4n) is 3.03. The molecule has 1 heterocycles. The number of benzene rings is 1. The van der Waals surface area contributed by atoms with E-state index in [2.05, 4.69) is 15.8 Å². The molecule has 0 spiro atoms. The fraction of sp³-hybridized carbons (Fsp3) is 0.500. The third-order valence-electron chi connectivity index (χ3n) is 4.26. The minimum absolute atomic E-state index is 0.204. The standard InChI is InChI=1S/C18H23N3O4/c22-17(20-14-4-2-1-3-5-14)11-18(23)21-19-12-13-6-7-15-16(10-13)25-9-8-24-15/h6-7,10,12,14H,1-5,8-9,11H2,(H,20,22)(H,21,23)/b19-12-. The molecule has 25 heavy (non-hydrogen) atoms. The lowest BCUT2D eigenvalue weighted by Crippen LogP contribution is -2.38. The Balaban J connectivity index is 1.43. The van der Waals surface area contributed by atoms with Gasteiger partial charge in [-0.05, 0) is 36.6 Å². The highest BCUT2D eigenvalue weighted by molar-refractivity contribution is 5.97. The number of carbonyl (C=O) groups is 2. The van der Waals surface area contributed by atoms with Crippen LogP contribution >= 0.6 is 0 Å². The summed E-state index contributed by atoms with van der Waals surface area (Å²) in [7, 11) is 0. The van der Waals surface area contributed by atoms with Gasteiger partial charge in [-0.1, -0.05) is 19.3 Å². The third-order valence-corrected chi connectivity index (χ3v) is 4.26. The van der Waals surface area contributed by atoms with Crippen LogP contribution in [0.4, 0.5) is 0 Å². The van der Waals surface area contributed by atoms with Crippen LogP contribution in [0.25, 0.3) is 0 Å². The quantitative estimate of drug-likeness (QED) is 0.483. The minimum atomic E-state index is -0.429. The van der Waals surface area contributed by atoms with Crippen LogP contribution in [0.2, 0.25) is 0 Å². The molecule has 7 heteroatoms. The molecule has 2 aliphatic rings. The van der Waals surface area contributed by atoms with Gasteiger partial charge in [-0.2, -0.15) is 5.10 Å². The summed E-state index contributed by atoms with van der Waals surface area (Å²) in [5.41, 5.74) is 3.15. The zero-order valence-corrected chi connectivity index (χ0v) is 14.1. The number of fused-ring (bicyclic) bond motifs is 1. The molecular weight excluding hydrogens is 322 g/mol. The topological polar surface area (TPSA) is 89.0 Å². The van der Waals surface area contributed by atoms with E-state index in [-0.39, 0.29) is 18.4 Å². The van der Waals surface area contributed by atoms with Gasteiger partial charge in [0.15, 0.2) is 11.5 Å². The molecular formula is C18H23N3O4. The number of hydrogen-bond acceptors (Lipinski definition) is 5. The van der Waals surface area contributed by atoms with Gasteiger partial charge in [0.1, 0.15) is 19.6 Å². The number of hydrogen-bond donors (Lipinski definition) is 2. The Morgan fingerprint density at radius 2 is 1.84 bits per heavy atom. The van der Waals surface area contributed by atoms with Crippen LogP contribution in [0, 0.1) is 0 Å². The molecule has 1 fully saturated rings. The summed E-state index contributed by atoms with van der Waals surface area (Å²) in [6.07, 6.45) is 6.78. The van der Waals surface area contributed by atoms with E-state index in [4.69, 9.17) is 9.47 Å². The van der Waals surface area contributed by atoms with E-state index in [0.29, 0.717) is 24.7 Å². The lowest BCUT2D eigenvalue weighted by Gasteiger charge is -2.22. The summed E-state index contributed by atoms with van der Waals surface area (Å²) in [5.74, 6) is 0.682. The smallest absolute Gasteiger partial charge is 0.249 e. The minimum Gasteiger partial charge on any atom is -0.486 e. The van der Waals surface area contributed by atoms with Crippen LogP contribution in [0.1, 0.15) is 44.1 Å². The van der Waals surface area contributed by atoms with Crippen molar-refractivity contribution >= 4 is 18.0 Å². The van der Waals surface area contributed by atoms with Crippen molar-refractivity contribution in [3.8, 4) is 11.5 Å². The Labute approximate surface area is 146 Å². The van der Waals surface area contributed by atoms with Gasteiger partial charge in [-0.15, -0.1) is 0 Å². The molecule has 7 nitrogen and oxygen atoms in total. The first-order chi connectivity index (χ1) is 12.2. The van der Waals surface area contributed by atoms with Crippen LogP contribution in [0.5, 0.6) is 11.5 Å². The summed E-state index contributed by atoms with van der Waals surface area (Å²) in [6.45, 7) is 1.06. The molecule has 0 aromatic heterocycles. The second-order valence-electron chi connectivity index (χ2n) is 6.28. The number of nitrogens with zero attached hydrogens (tertiary/aromatic N) is 1. The molecule has 1 saturated carbocycles. The number of carbonyl (C=O) groups excluding carboxylic acids is 2. The summed E-state index contributed by atoms with van der Waals surface area (Å²) in [4.78, 5) is 23.6. The molecule has 2 amide bonds. The van der Waals surface area contributed by atoms with Crippen LogP contribution in [0.3, 0.4) is 0 Å². The van der Waals surface area contributed by atoms with E-state index >= 15 is 0 Å². The first-order valence-corrected chi connectivity index (χ1v) is 8.71. The largest absolute Gasteiger partial charge is 0.486 e. The van der Waals surface area contributed by atoms with Crippen molar-refractivity contribution in [3.05, 3.63) is 23.8 Å². The maximum atomic E-state index is 11.9. The zero-order valence-electron chi connectivity index (χ0n) is 14.1. The van der Waals surface area contributed by atoms with E-state index in [9.17, 15) is 9.59 Å². The molecule has 1 aliphatic heterocycles. The van der Waals surface area contributed by atoms with Crippen molar-refractivity contribution in [2.24, 2.45) is 5.10 Å². The number of rotatable bonds is 5. The van der Waals surface area contributed by atoms with Gasteiger partial charge in [0.25, 0.3) is 0 Å². The van der Waals surface area contributed by atoms with E-state index in [1.807, 2.05) is 6.07 Å². The predicted octanol–water partition coefficient (Wildman–Crippen LogP) is 1.75. The normalized spacial score (nSPS) is 17.3. The van der Waals surface area contributed by atoms with Gasteiger partial charge < -0.3 is 14.8 Å². The first kappa shape index (κ1) is 17.3. The maximum absolute atomic E-state index is 11.9. The van der Waals surface area contributed by atoms with Gasteiger partial charge in [0.05, 0.1) is 6.21 Å². The molecule has 3 rings (SSSR count). The van der Waals surface area contributed by atoms with Crippen LogP contribution < -0.4 is 20.2 Å². The van der Waals surface area contributed by atoms with Crippen molar-refractivity contribution in [2.75, 3.05) is 13.2 Å². The highest BCUT2D eigenvalue weighted by atomic mass is 16.6. The summed E-state index contributed by atoms with van der Waals surface area (Å²) in [6, 6.07) is 5.61. The SMILES string of the molecule is O=C(CC(=O)NC1CCCCC1)N/N=C\c1ccc2c(c1)OCCO2. The van der Waals surface area contributed by atoms with Crippen molar-refractivity contribution in [1.82, 2.24) is 10.7 Å². The van der Waals surface area contributed by atoms with E-state index < -0.39 is 5.91 Å². The molecule has 0 saturated heterocycles. The van der Waals surface area contributed by atoms with Crippen molar-refractivity contribution < 1.29 is 19.1 Å². The molecule has 1 aliphatic carbocycles. The number of ether oxygens (including phenoxy) is 2. The van der Waals surface area contributed by atoms with Gasteiger partial charge in [-0.3, -0.25) is 9.59 Å². The Kier molecular flexibility index (Phi) is 5.87. The fourth-order valence-corrected chi connectivity index (χ4v) is 3.03. The lowest BCUT2D eigenvalue weighted by molar-refractivity contribution is -0.129. The highest BCUT2D eigenvalue weighted by Gasteiger charge is 2.17. The average Bonchev–Trinajstić information content (AvgIpc) is 2.62. The first-order valence-electron chi connectivity index (χ1n) is 8.71. The molecule has 1 aromatic carbocycles. The lowest BCUT2D eigenvalue weighted by atomic mass is 9.95. The monoisotopic (exact) mass is 345 g/mol. The number of hydrazone groups is 1. The van der Waals surface area contributed by atoms with Gasteiger partial charge in [0.2, 0.25) is 11.8 Å². The maximum Gasteiger partial charge on any atom is 0.249 e. The Bertz CT molecular complexity index is 654.